The summed E-state index contributed by atoms with van der Waals surface area (Å²) in [6.45, 7) is 11.3. The molecule has 0 aromatic heterocycles. The molecule has 262 valence electrons. The Morgan fingerprint density at radius 2 is 1.82 bits per heavy atom. The molecule has 2 aliphatic heterocycles. The lowest BCUT2D eigenvalue weighted by atomic mass is 9.48. The number of ether oxygens (including phenoxy) is 3. The van der Waals surface area contributed by atoms with Crippen LogP contribution in [-0.4, -0.2) is 71.1 Å². The lowest BCUT2D eigenvalue weighted by Crippen LogP contribution is -2.79. The van der Waals surface area contributed by atoms with Gasteiger partial charge in [0.25, 0.3) is 0 Å². The first kappa shape index (κ1) is 34.0. The summed E-state index contributed by atoms with van der Waals surface area (Å²) in [4.78, 5) is 44.3. The molecular weight excluding hydrogens is 628 g/mol. The highest BCUT2D eigenvalue weighted by atomic mass is 16.6. The SMILES string of the molecule is CC(=O)Oc1ccc2c3c1OC1C(N(CC(C)C)C(=O)C=Cc4cccc(C)c4)CC[C@@]4(OC(C)=O)[C@@H](C2)N(CCc2ccccc2)CC[C@]314. The summed E-state index contributed by atoms with van der Waals surface area (Å²) in [5.74, 6) is 0.312. The van der Waals surface area contributed by atoms with Crippen molar-refractivity contribution in [3.63, 3.8) is 0 Å². The number of likely N-dealkylation sites (tertiary alicyclic amines) is 1. The van der Waals surface area contributed by atoms with Crippen molar-refractivity contribution in [3.8, 4) is 11.5 Å². The number of amides is 1. The second-order valence-electron chi connectivity index (χ2n) is 15.0. The standard InChI is InChI=1S/C42H48N2O6/c1-27(2)26-44(37(47)17-14-32-13-9-10-28(3)24-32)34-18-20-42(50-30(5)46)36-25-33-15-16-35(48-29(4)45)39-38(33)41(42,40(34)49-39)21-23-43(36)22-19-31-11-7-6-8-12-31/h6-17,24,27,34,36,40H,18-23,25-26H2,1-5H3/t34?,36-,40?,41+,42-/m1/s1. The van der Waals surface area contributed by atoms with Gasteiger partial charge in [0.2, 0.25) is 5.91 Å². The van der Waals surface area contributed by atoms with Crippen LogP contribution in [0.1, 0.15) is 74.8 Å². The molecule has 5 atom stereocenters. The van der Waals surface area contributed by atoms with Crippen LogP contribution in [0.5, 0.6) is 11.5 Å². The Bertz CT molecular complexity index is 1820. The third-order valence-electron chi connectivity index (χ3n) is 11.3. The van der Waals surface area contributed by atoms with Gasteiger partial charge in [-0.05, 0) is 80.3 Å². The molecule has 8 heteroatoms. The van der Waals surface area contributed by atoms with Gasteiger partial charge in [-0.3, -0.25) is 19.3 Å². The van der Waals surface area contributed by atoms with Crippen molar-refractivity contribution >= 4 is 23.9 Å². The van der Waals surface area contributed by atoms with E-state index in [1.165, 1.54) is 19.4 Å². The van der Waals surface area contributed by atoms with Gasteiger partial charge >= 0.3 is 11.9 Å². The summed E-state index contributed by atoms with van der Waals surface area (Å²) >= 11 is 0. The molecule has 2 heterocycles. The van der Waals surface area contributed by atoms with Gasteiger partial charge in [-0.25, -0.2) is 0 Å². The van der Waals surface area contributed by atoms with Gasteiger partial charge in [0.1, 0.15) is 11.7 Å². The van der Waals surface area contributed by atoms with Gasteiger partial charge in [0.15, 0.2) is 11.5 Å². The number of aryl methyl sites for hydroxylation is 1. The maximum absolute atomic E-state index is 14.3. The van der Waals surface area contributed by atoms with E-state index in [9.17, 15) is 14.4 Å². The molecule has 50 heavy (non-hydrogen) atoms. The van der Waals surface area contributed by atoms with Crippen molar-refractivity contribution in [3.05, 3.63) is 101 Å². The molecule has 1 spiro atoms. The van der Waals surface area contributed by atoms with Crippen molar-refractivity contribution in [2.45, 2.75) is 95.9 Å². The number of carbonyl (C=O) groups is 3. The van der Waals surface area contributed by atoms with E-state index in [2.05, 4.69) is 55.1 Å². The average Bonchev–Trinajstić information content (AvgIpc) is 3.42. The first-order valence-corrected chi connectivity index (χ1v) is 18.1. The molecule has 2 fully saturated rings. The number of piperidine rings is 1. The van der Waals surface area contributed by atoms with Crippen LogP contribution in [0.4, 0.5) is 0 Å². The summed E-state index contributed by atoms with van der Waals surface area (Å²) < 4.78 is 19.6. The molecule has 3 aromatic rings. The fraction of sp³-hybridized carbons (Fsp3) is 0.452. The van der Waals surface area contributed by atoms with E-state index < -0.39 is 23.1 Å². The molecule has 1 saturated heterocycles. The predicted octanol–water partition coefficient (Wildman–Crippen LogP) is 6.45. The second kappa shape index (κ2) is 13.4. The quantitative estimate of drug-likeness (QED) is 0.139. The Labute approximate surface area is 295 Å². The molecular formula is C42H48N2O6. The summed E-state index contributed by atoms with van der Waals surface area (Å²) in [7, 11) is 0. The van der Waals surface area contributed by atoms with Gasteiger partial charge < -0.3 is 19.1 Å². The van der Waals surface area contributed by atoms with Crippen molar-refractivity contribution in [1.29, 1.82) is 0 Å². The fourth-order valence-corrected chi connectivity index (χ4v) is 9.59. The van der Waals surface area contributed by atoms with E-state index in [1.54, 1.807) is 6.08 Å². The number of carbonyl (C=O) groups excluding carboxylic acids is 3. The largest absolute Gasteiger partial charge is 0.483 e. The molecule has 0 N–H and O–H groups in total. The molecule has 1 saturated carbocycles. The maximum Gasteiger partial charge on any atom is 0.308 e. The number of rotatable bonds is 10. The molecule has 3 aromatic carbocycles. The molecule has 2 bridgehead atoms. The monoisotopic (exact) mass is 676 g/mol. The average molecular weight is 677 g/mol. The van der Waals surface area contributed by atoms with Gasteiger partial charge in [-0.1, -0.05) is 80.1 Å². The Kier molecular flexibility index (Phi) is 9.10. The van der Waals surface area contributed by atoms with Crippen molar-refractivity contribution in [1.82, 2.24) is 9.80 Å². The van der Waals surface area contributed by atoms with E-state index in [-0.39, 0.29) is 29.9 Å². The van der Waals surface area contributed by atoms with E-state index in [4.69, 9.17) is 14.2 Å². The summed E-state index contributed by atoms with van der Waals surface area (Å²) in [6, 6.07) is 22.1. The first-order chi connectivity index (χ1) is 24.0. The van der Waals surface area contributed by atoms with Crippen LogP contribution in [0, 0.1) is 12.8 Å². The topological polar surface area (TPSA) is 85.4 Å². The van der Waals surface area contributed by atoms with E-state index in [1.807, 2.05) is 48.2 Å². The van der Waals surface area contributed by atoms with Crippen LogP contribution in [0.3, 0.4) is 0 Å². The summed E-state index contributed by atoms with van der Waals surface area (Å²) in [5, 5.41) is 0. The lowest BCUT2D eigenvalue weighted by Gasteiger charge is -2.65. The zero-order chi connectivity index (χ0) is 35.2. The minimum absolute atomic E-state index is 0.0748. The molecule has 2 aliphatic carbocycles. The zero-order valence-electron chi connectivity index (χ0n) is 29.8. The second-order valence-corrected chi connectivity index (χ2v) is 15.0. The highest BCUT2D eigenvalue weighted by Gasteiger charge is 2.75. The smallest absolute Gasteiger partial charge is 0.308 e. The highest BCUT2D eigenvalue weighted by Crippen LogP contribution is 2.67. The van der Waals surface area contributed by atoms with E-state index in [0.29, 0.717) is 43.7 Å². The number of benzene rings is 3. The minimum atomic E-state index is -0.883. The number of hydrogen-bond donors (Lipinski definition) is 0. The fourth-order valence-electron chi connectivity index (χ4n) is 9.59. The third kappa shape index (κ3) is 5.81. The highest BCUT2D eigenvalue weighted by molar-refractivity contribution is 5.92. The molecule has 0 radical (unpaired) electrons. The number of esters is 2. The van der Waals surface area contributed by atoms with Crippen molar-refractivity contribution in [2.75, 3.05) is 19.6 Å². The third-order valence-corrected chi connectivity index (χ3v) is 11.3. The minimum Gasteiger partial charge on any atom is -0.483 e. The first-order valence-electron chi connectivity index (χ1n) is 18.1. The van der Waals surface area contributed by atoms with Gasteiger partial charge in [-0.2, -0.15) is 0 Å². The normalized spacial score (nSPS) is 26.3. The Morgan fingerprint density at radius 3 is 2.54 bits per heavy atom. The molecule has 2 unspecified atom stereocenters. The predicted molar refractivity (Wildman–Crippen MR) is 192 cm³/mol. The molecule has 4 aliphatic rings. The van der Waals surface area contributed by atoms with Gasteiger partial charge in [0.05, 0.1) is 17.5 Å². The van der Waals surface area contributed by atoms with Crippen LogP contribution < -0.4 is 9.47 Å². The van der Waals surface area contributed by atoms with E-state index >= 15 is 0 Å². The molecule has 1 amide bonds. The number of hydrogen-bond acceptors (Lipinski definition) is 7. The van der Waals surface area contributed by atoms with Crippen molar-refractivity contribution < 1.29 is 28.6 Å². The summed E-state index contributed by atoms with van der Waals surface area (Å²) in [5.41, 5.74) is 3.86. The zero-order valence-corrected chi connectivity index (χ0v) is 29.8. The van der Waals surface area contributed by atoms with Crippen LogP contribution >= 0.6 is 0 Å². The van der Waals surface area contributed by atoms with Gasteiger partial charge in [0, 0.05) is 38.6 Å². The summed E-state index contributed by atoms with van der Waals surface area (Å²) in [6.07, 6.45) is 6.49. The van der Waals surface area contributed by atoms with Crippen molar-refractivity contribution in [2.24, 2.45) is 5.92 Å². The maximum atomic E-state index is 14.3. The Balaban J connectivity index is 1.33. The molecule has 7 rings (SSSR count). The van der Waals surface area contributed by atoms with Crippen LogP contribution in [0.2, 0.25) is 0 Å². The Hall–Kier alpha value is -4.43. The number of nitrogens with zero attached hydrogens (tertiary/aromatic N) is 2. The van der Waals surface area contributed by atoms with Crippen LogP contribution in [-0.2, 0) is 37.4 Å². The van der Waals surface area contributed by atoms with E-state index in [0.717, 1.165) is 41.8 Å². The lowest BCUT2D eigenvalue weighted by molar-refractivity contribution is -0.224. The van der Waals surface area contributed by atoms with Crippen LogP contribution in [0.15, 0.2) is 72.8 Å². The van der Waals surface area contributed by atoms with Gasteiger partial charge in [-0.15, -0.1) is 0 Å². The Morgan fingerprint density at radius 1 is 1.02 bits per heavy atom. The van der Waals surface area contributed by atoms with Crippen LogP contribution in [0.25, 0.3) is 6.08 Å². The molecule has 8 nitrogen and oxygen atoms in total.